The first kappa shape index (κ1) is 18.8. The number of amides is 1. The molecular weight excluding hydrogens is 300 g/mol. The fourth-order valence-corrected chi connectivity index (χ4v) is 3.81. The van der Waals surface area contributed by atoms with Crippen LogP contribution in [0.1, 0.15) is 68.8 Å². The highest BCUT2D eigenvalue weighted by atomic mass is 16.3. The summed E-state index contributed by atoms with van der Waals surface area (Å²) in [6.45, 7) is 10.2. The van der Waals surface area contributed by atoms with Crippen LogP contribution in [0.15, 0.2) is 18.2 Å². The van der Waals surface area contributed by atoms with E-state index in [1.54, 1.807) is 12.1 Å². The van der Waals surface area contributed by atoms with Crippen molar-refractivity contribution in [2.24, 2.45) is 11.7 Å². The number of hydrogen-bond donors (Lipinski definition) is 2. The van der Waals surface area contributed by atoms with E-state index in [1.807, 2.05) is 6.07 Å². The lowest BCUT2D eigenvalue weighted by molar-refractivity contribution is 0.0996. The first-order chi connectivity index (χ1) is 11.4. The molecule has 2 atom stereocenters. The van der Waals surface area contributed by atoms with Gasteiger partial charge in [0.15, 0.2) is 0 Å². The van der Waals surface area contributed by atoms with Crippen molar-refractivity contribution in [3.63, 3.8) is 0 Å². The molecule has 1 aliphatic rings. The van der Waals surface area contributed by atoms with E-state index < -0.39 is 5.91 Å². The Labute approximate surface area is 146 Å². The Morgan fingerprint density at radius 3 is 2.71 bits per heavy atom. The molecule has 1 saturated heterocycles. The lowest BCUT2D eigenvalue weighted by Crippen LogP contribution is -2.47. The monoisotopic (exact) mass is 332 g/mol. The molecule has 1 amide bonds. The van der Waals surface area contributed by atoms with Crippen LogP contribution in [0, 0.1) is 5.92 Å². The Bertz CT molecular complexity index is 573. The molecule has 24 heavy (non-hydrogen) atoms. The zero-order chi connectivity index (χ0) is 17.7. The van der Waals surface area contributed by atoms with Gasteiger partial charge in [-0.05, 0) is 55.0 Å². The van der Waals surface area contributed by atoms with Crippen LogP contribution in [-0.4, -0.2) is 35.5 Å². The van der Waals surface area contributed by atoms with Crippen LogP contribution in [0.5, 0.6) is 5.75 Å². The van der Waals surface area contributed by atoms with Crippen molar-refractivity contribution in [2.45, 2.75) is 58.3 Å². The molecule has 0 aliphatic carbocycles. The zero-order valence-corrected chi connectivity index (χ0v) is 15.3. The molecule has 1 heterocycles. The second kappa shape index (κ2) is 8.02. The molecular formula is C20H32N2O2. The number of primary amides is 1. The molecule has 1 fully saturated rings. The largest absolute Gasteiger partial charge is 0.507 e. The number of benzene rings is 1. The molecule has 3 N–H and O–H groups in total. The van der Waals surface area contributed by atoms with E-state index in [0.717, 1.165) is 25.1 Å². The van der Waals surface area contributed by atoms with E-state index in [1.165, 1.54) is 32.2 Å². The van der Waals surface area contributed by atoms with Gasteiger partial charge in [0.2, 0.25) is 0 Å². The third-order valence-corrected chi connectivity index (χ3v) is 5.82. The number of likely N-dealkylation sites (tertiary alicyclic amines) is 1. The van der Waals surface area contributed by atoms with Gasteiger partial charge in [-0.3, -0.25) is 4.79 Å². The lowest BCUT2D eigenvalue weighted by atomic mass is 9.68. The van der Waals surface area contributed by atoms with Crippen LogP contribution >= 0.6 is 0 Å². The second-order valence-corrected chi connectivity index (χ2v) is 7.53. The van der Waals surface area contributed by atoms with Gasteiger partial charge >= 0.3 is 0 Å². The topological polar surface area (TPSA) is 66.6 Å². The number of nitrogens with two attached hydrogens (primary N) is 1. The third-order valence-electron chi connectivity index (χ3n) is 5.82. The molecule has 0 aromatic heterocycles. The average molecular weight is 332 g/mol. The van der Waals surface area contributed by atoms with Crippen LogP contribution < -0.4 is 5.73 Å². The van der Waals surface area contributed by atoms with E-state index in [9.17, 15) is 9.90 Å². The van der Waals surface area contributed by atoms with Crippen LogP contribution in [0.25, 0.3) is 0 Å². The quantitative estimate of drug-likeness (QED) is 0.749. The number of phenols is 1. The maximum absolute atomic E-state index is 11.3. The third kappa shape index (κ3) is 4.10. The molecule has 4 nitrogen and oxygen atoms in total. The first-order valence-corrected chi connectivity index (χ1v) is 9.24. The summed E-state index contributed by atoms with van der Waals surface area (Å²) in [4.78, 5) is 13.9. The summed E-state index contributed by atoms with van der Waals surface area (Å²) in [5, 5.41) is 10.1. The van der Waals surface area contributed by atoms with Crippen molar-refractivity contribution in [2.75, 3.05) is 19.6 Å². The summed E-state index contributed by atoms with van der Waals surface area (Å²) in [5.74, 6) is -0.0918. The minimum absolute atomic E-state index is 0.00424. The molecule has 1 aromatic rings. The van der Waals surface area contributed by atoms with Crippen molar-refractivity contribution >= 4 is 5.91 Å². The summed E-state index contributed by atoms with van der Waals surface area (Å²) < 4.78 is 0. The predicted octanol–water partition coefficient (Wildman–Crippen LogP) is 3.67. The smallest absolute Gasteiger partial charge is 0.252 e. The van der Waals surface area contributed by atoms with Crippen molar-refractivity contribution in [3.05, 3.63) is 29.3 Å². The second-order valence-electron chi connectivity index (χ2n) is 7.53. The number of carbonyl (C=O) groups excluding carboxylic acids is 1. The van der Waals surface area contributed by atoms with E-state index in [-0.39, 0.29) is 16.7 Å². The van der Waals surface area contributed by atoms with Crippen LogP contribution in [0.3, 0.4) is 0 Å². The molecule has 1 aromatic carbocycles. The maximum atomic E-state index is 11.3. The standard InChI is InChI=1S/C20H32N2O2/c1-4-5-6-7-11-22-12-10-20(3,15(2)14-22)16-8-9-17(19(21)24)18(23)13-16/h8-9,13,15,23H,4-7,10-12,14H2,1-3H3,(H2,21,24). The number of nitrogens with zero attached hydrogens (tertiary/aromatic N) is 1. The van der Waals surface area contributed by atoms with Gasteiger partial charge in [-0.25, -0.2) is 0 Å². The van der Waals surface area contributed by atoms with Gasteiger partial charge in [0.1, 0.15) is 5.75 Å². The molecule has 0 spiro atoms. The number of rotatable bonds is 7. The number of piperidine rings is 1. The van der Waals surface area contributed by atoms with Gasteiger partial charge in [-0.2, -0.15) is 0 Å². The van der Waals surface area contributed by atoms with Crippen molar-refractivity contribution < 1.29 is 9.90 Å². The average Bonchev–Trinajstić information content (AvgIpc) is 2.54. The summed E-state index contributed by atoms with van der Waals surface area (Å²) in [6.07, 6.45) is 6.27. The number of aromatic hydroxyl groups is 1. The highest BCUT2D eigenvalue weighted by molar-refractivity contribution is 5.95. The Morgan fingerprint density at radius 2 is 2.12 bits per heavy atom. The minimum atomic E-state index is -0.584. The molecule has 2 unspecified atom stereocenters. The summed E-state index contributed by atoms with van der Waals surface area (Å²) >= 11 is 0. The molecule has 0 radical (unpaired) electrons. The van der Waals surface area contributed by atoms with Gasteiger partial charge in [0.25, 0.3) is 5.91 Å². The fraction of sp³-hybridized carbons (Fsp3) is 0.650. The summed E-state index contributed by atoms with van der Waals surface area (Å²) in [6, 6.07) is 5.34. The van der Waals surface area contributed by atoms with Crippen molar-refractivity contribution in [3.8, 4) is 5.75 Å². The number of hydrogen-bond acceptors (Lipinski definition) is 3. The van der Waals surface area contributed by atoms with Crippen molar-refractivity contribution in [1.82, 2.24) is 4.90 Å². The highest BCUT2D eigenvalue weighted by Crippen LogP contribution is 2.40. The van der Waals surface area contributed by atoms with E-state index in [2.05, 4.69) is 25.7 Å². The van der Waals surface area contributed by atoms with E-state index in [0.29, 0.717) is 5.92 Å². The van der Waals surface area contributed by atoms with Crippen molar-refractivity contribution in [1.29, 1.82) is 0 Å². The molecule has 4 heteroatoms. The summed E-state index contributed by atoms with van der Waals surface area (Å²) in [5.41, 5.74) is 6.60. The first-order valence-electron chi connectivity index (χ1n) is 9.24. The molecule has 0 bridgehead atoms. The van der Waals surface area contributed by atoms with Crippen LogP contribution in [-0.2, 0) is 5.41 Å². The SMILES string of the molecule is CCCCCCN1CCC(C)(c2ccc(C(N)=O)c(O)c2)C(C)C1. The van der Waals surface area contributed by atoms with Gasteiger partial charge < -0.3 is 15.7 Å². The number of unbranched alkanes of at least 4 members (excludes halogenated alkanes) is 3. The Morgan fingerprint density at radius 1 is 1.38 bits per heavy atom. The summed E-state index contributed by atoms with van der Waals surface area (Å²) in [7, 11) is 0. The van der Waals surface area contributed by atoms with Crippen LogP contribution in [0.2, 0.25) is 0 Å². The molecule has 2 rings (SSSR count). The van der Waals surface area contributed by atoms with Crippen LogP contribution in [0.4, 0.5) is 0 Å². The Hall–Kier alpha value is -1.55. The van der Waals surface area contributed by atoms with Gasteiger partial charge in [0, 0.05) is 6.54 Å². The normalized spacial score (nSPS) is 24.9. The molecule has 134 valence electrons. The maximum Gasteiger partial charge on any atom is 0.252 e. The fourth-order valence-electron chi connectivity index (χ4n) is 3.81. The number of carbonyl (C=O) groups is 1. The van der Waals surface area contributed by atoms with Gasteiger partial charge in [-0.15, -0.1) is 0 Å². The zero-order valence-electron chi connectivity index (χ0n) is 15.3. The van der Waals surface area contributed by atoms with E-state index >= 15 is 0 Å². The highest BCUT2D eigenvalue weighted by Gasteiger charge is 2.38. The molecule has 0 saturated carbocycles. The molecule has 1 aliphatic heterocycles. The lowest BCUT2D eigenvalue weighted by Gasteiger charge is -2.45. The Balaban J connectivity index is 2.03. The predicted molar refractivity (Wildman–Crippen MR) is 98.3 cm³/mol. The van der Waals surface area contributed by atoms with Gasteiger partial charge in [-0.1, -0.05) is 46.1 Å². The van der Waals surface area contributed by atoms with E-state index in [4.69, 9.17) is 5.73 Å². The minimum Gasteiger partial charge on any atom is -0.507 e. The van der Waals surface area contributed by atoms with Gasteiger partial charge in [0.05, 0.1) is 5.56 Å². The Kier molecular flexibility index (Phi) is 6.27.